The van der Waals surface area contributed by atoms with Crippen molar-refractivity contribution in [3.8, 4) is 0 Å². The van der Waals surface area contributed by atoms with Crippen molar-refractivity contribution in [2.75, 3.05) is 12.4 Å². The van der Waals surface area contributed by atoms with Crippen LogP contribution in [0, 0.1) is 5.92 Å². The molecule has 3 aromatic carbocycles. The SMILES string of the molecule is C[C@H](CS(=O)(=O)c1ccccc1)[C@@H]1O[C@H](CO[Si](c2ccccc2)(c2ccccc2)C(C)(C)C)C=C[C@H]1O. The number of ether oxygens (including phenoxy) is 1. The lowest BCUT2D eigenvalue weighted by atomic mass is 9.98. The monoisotopic (exact) mass is 550 g/mol. The predicted octanol–water partition coefficient (Wildman–Crippen LogP) is 4.36. The van der Waals surface area contributed by atoms with Gasteiger partial charge in [-0.3, -0.25) is 0 Å². The third kappa shape index (κ3) is 6.03. The normalized spacial score (nSPS) is 21.2. The first kappa shape index (κ1) is 28.5. The van der Waals surface area contributed by atoms with Gasteiger partial charge in [-0.2, -0.15) is 0 Å². The van der Waals surface area contributed by atoms with Gasteiger partial charge in [-0.15, -0.1) is 0 Å². The maximum atomic E-state index is 13.0. The molecule has 7 heteroatoms. The number of benzene rings is 3. The number of hydrogen-bond acceptors (Lipinski definition) is 5. The molecule has 1 N–H and O–H groups in total. The van der Waals surface area contributed by atoms with Crippen LogP contribution in [0.1, 0.15) is 27.7 Å². The highest BCUT2D eigenvalue weighted by atomic mass is 32.2. The standard InChI is InChI=1S/C31H38O5SSi/c1-24(23-37(33,34)26-14-8-5-9-15-26)30-29(32)21-20-25(36-30)22-35-38(31(2,3)4,27-16-10-6-11-17-27)28-18-12-7-13-19-28/h5-21,24-25,29-30,32H,22-23H2,1-4H3/t24-,25+,29-,30+/m1/s1. The molecule has 0 bridgehead atoms. The van der Waals surface area contributed by atoms with Crippen LogP contribution < -0.4 is 10.4 Å². The molecule has 1 aliphatic rings. The lowest BCUT2D eigenvalue weighted by Crippen LogP contribution is -2.67. The van der Waals surface area contributed by atoms with Gasteiger partial charge in [0.15, 0.2) is 9.84 Å². The largest absolute Gasteiger partial charge is 0.404 e. The Balaban J connectivity index is 1.57. The zero-order valence-electron chi connectivity index (χ0n) is 22.5. The summed E-state index contributed by atoms with van der Waals surface area (Å²) in [5.74, 6) is -0.537. The van der Waals surface area contributed by atoms with Crippen molar-refractivity contribution in [3.63, 3.8) is 0 Å². The fourth-order valence-electron chi connectivity index (χ4n) is 5.37. The topological polar surface area (TPSA) is 72.8 Å². The van der Waals surface area contributed by atoms with Crippen LogP contribution in [0.3, 0.4) is 0 Å². The number of aliphatic hydroxyl groups is 1. The number of rotatable bonds is 9. The van der Waals surface area contributed by atoms with Gasteiger partial charge in [0.2, 0.25) is 0 Å². The number of aliphatic hydroxyl groups excluding tert-OH is 1. The Morgan fingerprint density at radius 3 is 1.87 bits per heavy atom. The van der Waals surface area contributed by atoms with Gasteiger partial charge in [0, 0.05) is 0 Å². The van der Waals surface area contributed by atoms with E-state index in [-0.39, 0.29) is 15.7 Å². The van der Waals surface area contributed by atoms with E-state index in [4.69, 9.17) is 9.16 Å². The zero-order valence-corrected chi connectivity index (χ0v) is 24.3. The van der Waals surface area contributed by atoms with Gasteiger partial charge in [0.1, 0.15) is 0 Å². The Morgan fingerprint density at radius 2 is 1.37 bits per heavy atom. The Bertz CT molecular complexity index is 1270. The summed E-state index contributed by atoms with van der Waals surface area (Å²) in [5, 5.41) is 12.9. The smallest absolute Gasteiger partial charge is 0.261 e. The third-order valence-corrected chi connectivity index (χ3v) is 14.2. The summed E-state index contributed by atoms with van der Waals surface area (Å²) in [5.41, 5.74) is 0. The summed E-state index contributed by atoms with van der Waals surface area (Å²) in [6, 6.07) is 29.2. The van der Waals surface area contributed by atoms with Crippen molar-refractivity contribution in [2.45, 2.75) is 55.9 Å². The minimum atomic E-state index is -3.52. The molecule has 202 valence electrons. The van der Waals surface area contributed by atoms with Gasteiger partial charge in [0.05, 0.1) is 35.6 Å². The first-order chi connectivity index (χ1) is 18.0. The van der Waals surface area contributed by atoms with Crippen molar-refractivity contribution >= 4 is 28.5 Å². The molecule has 0 radical (unpaired) electrons. The molecule has 0 saturated heterocycles. The Hall–Kier alpha value is -2.55. The van der Waals surface area contributed by atoms with Crippen molar-refractivity contribution < 1.29 is 22.7 Å². The van der Waals surface area contributed by atoms with E-state index in [1.807, 2.05) is 49.4 Å². The van der Waals surface area contributed by atoms with Crippen LogP contribution in [0.5, 0.6) is 0 Å². The minimum Gasteiger partial charge on any atom is -0.404 e. The zero-order chi connectivity index (χ0) is 27.4. The Kier molecular flexibility index (Phi) is 8.74. The van der Waals surface area contributed by atoms with Crippen LogP contribution in [0.25, 0.3) is 0 Å². The van der Waals surface area contributed by atoms with Gasteiger partial charge in [0.25, 0.3) is 8.32 Å². The molecule has 0 fully saturated rings. The van der Waals surface area contributed by atoms with Crippen LogP contribution in [-0.4, -0.2) is 52.5 Å². The average Bonchev–Trinajstić information content (AvgIpc) is 2.90. The maximum Gasteiger partial charge on any atom is 0.261 e. The van der Waals surface area contributed by atoms with E-state index >= 15 is 0 Å². The Labute approximate surface area is 228 Å². The molecule has 0 saturated carbocycles. The van der Waals surface area contributed by atoms with E-state index in [1.165, 1.54) is 10.4 Å². The van der Waals surface area contributed by atoms with E-state index < -0.39 is 42.4 Å². The maximum absolute atomic E-state index is 13.0. The number of hydrogen-bond donors (Lipinski definition) is 1. The van der Waals surface area contributed by atoms with Crippen molar-refractivity contribution in [2.24, 2.45) is 5.92 Å². The predicted molar refractivity (Wildman–Crippen MR) is 155 cm³/mol. The van der Waals surface area contributed by atoms with Crippen LogP contribution in [0.4, 0.5) is 0 Å². The molecule has 38 heavy (non-hydrogen) atoms. The summed E-state index contributed by atoms with van der Waals surface area (Å²) in [4.78, 5) is 0.277. The van der Waals surface area contributed by atoms with E-state index in [0.717, 1.165) is 0 Å². The highest BCUT2D eigenvalue weighted by Crippen LogP contribution is 2.37. The van der Waals surface area contributed by atoms with E-state index in [2.05, 4.69) is 45.0 Å². The molecule has 1 heterocycles. The molecule has 0 aromatic heterocycles. The van der Waals surface area contributed by atoms with Gasteiger partial charge in [-0.1, -0.05) is 119 Å². The van der Waals surface area contributed by atoms with Crippen molar-refractivity contribution in [3.05, 3.63) is 103 Å². The van der Waals surface area contributed by atoms with Gasteiger partial charge in [-0.25, -0.2) is 8.42 Å². The number of sulfone groups is 1. The molecule has 4 atom stereocenters. The quantitative estimate of drug-likeness (QED) is 0.317. The minimum absolute atomic E-state index is 0.116. The lowest BCUT2D eigenvalue weighted by Gasteiger charge is -2.44. The molecule has 1 aliphatic heterocycles. The van der Waals surface area contributed by atoms with Crippen LogP contribution in [0.15, 0.2) is 108 Å². The van der Waals surface area contributed by atoms with Gasteiger partial charge in [-0.05, 0) is 33.5 Å². The second-order valence-electron chi connectivity index (χ2n) is 11.1. The summed E-state index contributed by atoms with van der Waals surface area (Å²) < 4.78 is 39.3. The fourth-order valence-corrected chi connectivity index (χ4v) is 11.6. The fraction of sp³-hybridized carbons (Fsp3) is 0.355. The highest BCUT2D eigenvalue weighted by Gasteiger charge is 2.50. The van der Waals surface area contributed by atoms with E-state index in [0.29, 0.717) is 6.61 Å². The lowest BCUT2D eigenvalue weighted by molar-refractivity contribution is -0.0887. The van der Waals surface area contributed by atoms with Crippen molar-refractivity contribution in [1.82, 2.24) is 0 Å². The summed E-state index contributed by atoms with van der Waals surface area (Å²) in [6.07, 6.45) is 1.58. The molecule has 0 spiro atoms. The molecular weight excluding hydrogens is 512 g/mol. The third-order valence-electron chi connectivity index (χ3n) is 7.22. The van der Waals surface area contributed by atoms with Crippen molar-refractivity contribution in [1.29, 1.82) is 0 Å². The van der Waals surface area contributed by atoms with Gasteiger partial charge < -0.3 is 14.3 Å². The Morgan fingerprint density at radius 1 is 0.868 bits per heavy atom. The van der Waals surface area contributed by atoms with Crippen LogP contribution in [-0.2, 0) is 19.0 Å². The molecular formula is C31H38O5SSi. The summed E-state index contributed by atoms with van der Waals surface area (Å²) >= 11 is 0. The molecule has 0 amide bonds. The second kappa shape index (κ2) is 11.7. The summed E-state index contributed by atoms with van der Waals surface area (Å²) in [7, 11) is -6.27. The second-order valence-corrected chi connectivity index (χ2v) is 17.4. The first-order valence-electron chi connectivity index (χ1n) is 13.1. The average molecular weight is 551 g/mol. The molecule has 0 aliphatic carbocycles. The van der Waals surface area contributed by atoms with Crippen LogP contribution >= 0.6 is 0 Å². The first-order valence-corrected chi connectivity index (χ1v) is 16.7. The van der Waals surface area contributed by atoms with Crippen LogP contribution in [0.2, 0.25) is 5.04 Å². The highest BCUT2D eigenvalue weighted by molar-refractivity contribution is 7.91. The van der Waals surface area contributed by atoms with Gasteiger partial charge >= 0.3 is 0 Å². The van der Waals surface area contributed by atoms with E-state index in [1.54, 1.807) is 36.4 Å². The van der Waals surface area contributed by atoms with E-state index in [9.17, 15) is 13.5 Å². The molecule has 5 nitrogen and oxygen atoms in total. The molecule has 3 aromatic rings. The molecule has 4 rings (SSSR count). The summed E-state index contributed by atoms with van der Waals surface area (Å²) in [6.45, 7) is 8.78. The molecule has 0 unspecified atom stereocenters.